The summed E-state index contributed by atoms with van der Waals surface area (Å²) in [7, 11) is 0. The lowest BCUT2D eigenvalue weighted by Gasteiger charge is -1.99. The first kappa shape index (κ1) is 15.7. The van der Waals surface area contributed by atoms with Crippen LogP contribution in [0.3, 0.4) is 0 Å². The maximum Gasteiger partial charge on any atom is 0.270 e. The molecule has 1 heterocycles. The largest absolute Gasteiger partial charge is 0.270 e. The summed E-state index contributed by atoms with van der Waals surface area (Å²) < 4.78 is 3.17. The molecule has 0 saturated carbocycles. The Kier molecular flexibility index (Phi) is 4.16. The van der Waals surface area contributed by atoms with Gasteiger partial charge in [-0.25, -0.2) is 0 Å². The smallest absolute Gasteiger partial charge is 0.258 e. The van der Waals surface area contributed by atoms with Crippen molar-refractivity contribution in [2.45, 2.75) is 13.8 Å². The zero-order valence-corrected chi connectivity index (χ0v) is 14.9. The topological polar surface area (TPSA) is 62.8 Å². The number of nitrogens with one attached hydrogen (secondary N) is 1. The fraction of sp³-hybridized carbons (Fsp3) is 0.118. The van der Waals surface area contributed by atoms with E-state index in [0.717, 1.165) is 28.2 Å². The lowest BCUT2D eigenvalue weighted by atomic mass is 10.0. The Morgan fingerprint density at radius 1 is 1.13 bits per heavy atom. The van der Waals surface area contributed by atoms with E-state index in [1.165, 1.54) is 9.64 Å². The summed E-state index contributed by atoms with van der Waals surface area (Å²) in [5.41, 5.74) is 4.96. The number of rotatable bonds is 3. The first-order valence-corrected chi connectivity index (χ1v) is 8.17. The Bertz CT molecular complexity index is 885. The lowest BCUT2D eigenvalue weighted by molar-refractivity contribution is -0.661. The normalized spacial score (nSPS) is 10.7. The number of aromatic amines is 1. The number of nitrogens with zero attached hydrogens (tertiary/aromatic N) is 2. The molecule has 116 valence electrons. The van der Waals surface area contributed by atoms with Crippen LogP contribution in [0.5, 0.6) is 0 Å². The molecule has 0 saturated heterocycles. The van der Waals surface area contributed by atoms with Gasteiger partial charge in [-0.05, 0) is 47.2 Å². The molecule has 0 amide bonds. The number of hydrogen-bond donors (Lipinski definition) is 1. The minimum atomic E-state index is -0.367. The molecule has 2 aromatic carbocycles. The summed E-state index contributed by atoms with van der Waals surface area (Å²) in [6.45, 7) is 3.99. The predicted molar refractivity (Wildman–Crippen MR) is 96.6 cm³/mol. The number of non-ortho nitro benzene ring substituents is 1. The van der Waals surface area contributed by atoms with Crippen LogP contribution in [0.1, 0.15) is 11.4 Å². The van der Waals surface area contributed by atoms with Crippen LogP contribution in [0.2, 0.25) is 0 Å². The second kappa shape index (κ2) is 6.11. The van der Waals surface area contributed by atoms with Crippen molar-refractivity contribution in [3.05, 3.63) is 73.6 Å². The van der Waals surface area contributed by atoms with Crippen LogP contribution in [0.4, 0.5) is 5.69 Å². The number of nitro groups is 1. The SMILES string of the molecule is Cc1[nH][n+](-c2ccc(I)cc2)c(C)c1-c1cccc([N+](=O)[O-])c1. The molecule has 3 aromatic rings. The third-order valence-corrected chi connectivity index (χ3v) is 4.50. The van der Waals surface area contributed by atoms with Gasteiger partial charge in [0.05, 0.1) is 16.2 Å². The molecule has 0 aliphatic rings. The minimum Gasteiger partial charge on any atom is -0.258 e. The van der Waals surface area contributed by atoms with Gasteiger partial charge in [-0.2, -0.15) is 5.10 Å². The van der Waals surface area contributed by atoms with Gasteiger partial charge in [-0.1, -0.05) is 16.8 Å². The molecule has 0 aliphatic heterocycles. The van der Waals surface area contributed by atoms with Crippen molar-refractivity contribution in [1.29, 1.82) is 0 Å². The zero-order chi connectivity index (χ0) is 16.6. The fourth-order valence-electron chi connectivity index (χ4n) is 2.74. The molecule has 3 rings (SSSR count). The van der Waals surface area contributed by atoms with E-state index < -0.39 is 0 Å². The van der Waals surface area contributed by atoms with E-state index in [4.69, 9.17) is 0 Å². The first-order valence-electron chi connectivity index (χ1n) is 7.09. The summed E-state index contributed by atoms with van der Waals surface area (Å²) in [6.07, 6.45) is 0. The molecule has 5 nitrogen and oxygen atoms in total. The van der Waals surface area contributed by atoms with Crippen molar-refractivity contribution in [2.75, 3.05) is 0 Å². The van der Waals surface area contributed by atoms with Gasteiger partial charge in [0, 0.05) is 34.8 Å². The average Bonchev–Trinajstić information content (AvgIpc) is 2.83. The standard InChI is InChI=1S/C17H14IN3O2/c1-11-17(13-4-3-5-16(10-13)21(22)23)12(2)20(19-11)15-8-6-14(18)7-9-15/h3-10H,1-2H3/p+1. The molecule has 0 aliphatic carbocycles. The van der Waals surface area contributed by atoms with Gasteiger partial charge in [0.2, 0.25) is 11.4 Å². The number of halogens is 1. The summed E-state index contributed by atoms with van der Waals surface area (Å²) >= 11 is 2.27. The molecule has 0 unspecified atom stereocenters. The quantitative estimate of drug-likeness (QED) is 0.300. The van der Waals surface area contributed by atoms with Gasteiger partial charge in [0.25, 0.3) is 5.69 Å². The van der Waals surface area contributed by atoms with E-state index in [-0.39, 0.29) is 10.6 Å². The highest BCUT2D eigenvalue weighted by Crippen LogP contribution is 2.28. The van der Waals surface area contributed by atoms with Crippen LogP contribution < -0.4 is 4.68 Å². The Morgan fingerprint density at radius 3 is 2.48 bits per heavy atom. The Hall–Kier alpha value is -2.22. The number of hydrogen-bond acceptors (Lipinski definition) is 2. The van der Waals surface area contributed by atoms with Crippen LogP contribution in [0.25, 0.3) is 16.8 Å². The van der Waals surface area contributed by atoms with E-state index in [0.29, 0.717) is 0 Å². The second-order valence-corrected chi connectivity index (χ2v) is 6.56. The molecule has 0 atom stereocenters. The van der Waals surface area contributed by atoms with E-state index >= 15 is 0 Å². The van der Waals surface area contributed by atoms with Gasteiger partial charge in [0.1, 0.15) is 0 Å². The molecule has 1 N–H and O–H groups in total. The molecular formula is C17H15IN3O2+. The van der Waals surface area contributed by atoms with E-state index in [9.17, 15) is 10.1 Å². The predicted octanol–water partition coefficient (Wildman–Crippen LogP) is 4.09. The maximum atomic E-state index is 11.0. The molecule has 6 heteroatoms. The van der Waals surface area contributed by atoms with Crippen LogP contribution in [-0.2, 0) is 0 Å². The molecule has 0 spiro atoms. The van der Waals surface area contributed by atoms with Gasteiger partial charge < -0.3 is 0 Å². The number of aromatic nitrogens is 2. The maximum absolute atomic E-state index is 11.0. The third-order valence-electron chi connectivity index (χ3n) is 3.78. The zero-order valence-electron chi connectivity index (χ0n) is 12.7. The monoisotopic (exact) mass is 420 g/mol. The van der Waals surface area contributed by atoms with Gasteiger partial charge >= 0.3 is 0 Å². The van der Waals surface area contributed by atoms with Gasteiger partial charge in [0.15, 0.2) is 0 Å². The van der Waals surface area contributed by atoms with E-state index in [2.05, 4.69) is 27.7 Å². The Balaban J connectivity index is 2.13. The van der Waals surface area contributed by atoms with Crippen LogP contribution >= 0.6 is 22.6 Å². The van der Waals surface area contributed by atoms with Crippen LogP contribution in [0.15, 0.2) is 48.5 Å². The summed E-state index contributed by atoms with van der Waals surface area (Å²) in [5, 5.41) is 14.3. The average molecular weight is 420 g/mol. The van der Waals surface area contributed by atoms with Gasteiger partial charge in [-0.3, -0.25) is 10.1 Å². The summed E-state index contributed by atoms with van der Waals surface area (Å²) in [6, 6.07) is 14.9. The van der Waals surface area contributed by atoms with Crippen LogP contribution in [0, 0.1) is 27.5 Å². The van der Waals surface area contributed by atoms with E-state index in [1.54, 1.807) is 12.1 Å². The van der Waals surface area contributed by atoms with E-state index in [1.807, 2.05) is 48.9 Å². The Morgan fingerprint density at radius 2 is 1.83 bits per heavy atom. The fourth-order valence-corrected chi connectivity index (χ4v) is 3.10. The highest BCUT2D eigenvalue weighted by Gasteiger charge is 2.23. The number of benzene rings is 2. The summed E-state index contributed by atoms with van der Waals surface area (Å²) in [5.74, 6) is 0. The van der Waals surface area contributed by atoms with Crippen molar-refractivity contribution in [2.24, 2.45) is 0 Å². The molecular weight excluding hydrogens is 405 g/mol. The molecule has 0 fully saturated rings. The van der Waals surface area contributed by atoms with Crippen molar-refractivity contribution in [3.63, 3.8) is 0 Å². The number of H-pyrrole nitrogens is 1. The lowest BCUT2D eigenvalue weighted by Crippen LogP contribution is -2.35. The molecule has 0 radical (unpaired) electrons. The third kappa shape index (κ3) is 2.98. The van der Waals surface area contributed by atoms with Crippen LogP contribution in [-0.4, -0.2) is 10.0 Å². The Labute approximate surface area is 147 Å². The number of nitro benzene ring substituents is 1. The summed E-state index contributed by atoms with van der Waals surface area (Å²) in [4.78, 5) is 10.6. The second-order valence-electron chi connectivity index (χ2n) is 5.32. The van der Waals surface area contributed by atoms with Crippen molar-refractivity contribution in [1.82, 2.24) is 5.10 Å². The molecule has 1 aromatic heterocycles. The minimum absolute atomic E-state index is 0.100. The first-order chi connectivity index (χ1) is 11.0. The molecule has 23 heavy (non-hydrogen) atoms. The highest BCUT2D eigenvalue weighted by molar-refractivity contribution is 14.1. The van der Waals surface area contributed by atoms with Crippen molar-refractivity contribution < 1.29 is 9.61 Å². The van der Waals surface area contributed by atoms with Crippen molar-refractivity contribution in [3.8, 4) is 16.8 Å². The van der Waals surface area contributed by atoms with Gasteiger partial charge in [-0.15, -0.1) is 0 Å². The molecule has 0 bridgehead atoms. The highest BCUT2D eigenvalue weighted by atomic mass is 127. The van der Waals surface area contributed by atoms with Crippen molar-refractivity contribution >= 4 is 28.3 Å². The number of aryl methyl sites for hydroxylation is 1.